The van der Waals surface area contributed by atoms with Gasteiger partial charge in [-0.3, -0.25) is 0 Å². The molecule has 0 saturated heterocycles. The van der Waals surface area contributed by atoms with Gasteiger partial charge in [0.25, 0.3) is 0 Å². The van der Waals surface area contributed by atoms with Gasteiger partial charge in [0.05, 0.1) is 7.11 Å². The number of ether oxygens (including phenoxy) is 1. The van der Waals surface area contributed by atoms with Gasteiger partial charge in [0.15, 0.2) is 0 Å². The van der Waals surface area contributed by atoms with E-state index in [2.05, 4.69) is 4.98 Å². The van der Waals surface area contributed by atoms with Crippen LogP contribution in [0.3, 0.4) is 0 Å². The number of aliphatic hydroxyl groups excluding tert-OH is 1. The summed E-state index contributed by atoms with van der Waals surface area (Å²) in [5, 5.41) is 10.5. The summed E-state index contributed by atoms with van der Waals surface area (Å²) >= 11 is 5.96. The smallest absolute Gasteiger partial charge is 0.232 e. The van der Waals surface area contributed by atoms with E-state index in [-0.39, 0.29) is 0 Å². The van der Waals surface area contributed by atoms with Crippen molar-refractivity contribution in [2.24, 2.45) is 0 Å². The second kappa shape index (κ2) is 5.17. The Morgan fingerprint density at radius 1 is 1.24 bits per heavy atom. The molecular weight excluding hydrogens is 238 g/mol. The number of halogens is 1. The molecule has 0 radical (unpaired) electrons. The highest BCUT2D eigenvalue weighted by molar-refractivity contribution is 6.31. The van der Waals surface area contributed by atoms with Gasteiger partial charge in [-0.05, 0) is 11.6 Å². The van der Waals surface area contributed by atoms with Crippen molar-refractivity contribution in [3.8, 4) is 5.88 Å². The van der Waals surface area contributed by atoms with Crippen LogP contribution in [0.1, 0.15) is 17.2 Å². The molecule has 0 fully saturated rings. The molecule has 1 unspecified atom stereocenters. The maximum Gasteiger partial charge on any atom is 0.232 e. The summed E-state index contributed by atoms with van der Waals surface area (Å²) < 4.78 is 4.96. The van der Waals surface area contributed by atoms with Crippen LogP contribution in [0, 0.1) is 0 Å². The number of aliphatic hydroxyl groups is 1. The van der Waals surface area contributed by atoms with Crippen molar-refractivity contribution in [1.82, 2.24) is 4.98 Å². The van der Waals surface area contributed by atoms with Crippen molar-refractivity contribution in [3.63, 3.8) is 0 Å². The zero-order chi connectivity index (χ0) is 12.3. The van der Waals surface area contributed by atoms with E-state index in [0.29, 0.717) is 16.5 Å². The topological polar surface area (TPSA) is 42.4 Å². The molecule has 0 aliphatic rings. The number of pyridine rings is 1. The minimum atomic E-state index is -0.730. The lowest BCUT2D eigenvalue weighted by Gasteiger charge is -2.12. The zero-order valence-electron chi connectivity index (χ0n) is 9.30. The van der Waals surface area contributed by atoms with Crippen molar-refractivity contribution in [2.75, 3.05) is 7.11 Å². The summed E-state index contributed by atoms with van der Waals surface area (Å²) in [7, 11) is 1.50. The molecule has 1 aromatic carbocycles. The maximum atomic E-state index is 10.1. The Balaban J connectivity index is 2.32. The van der Waals surface area contributed by atoms with Gasteiger partial charge in [-0.2, -0.15) is 0 Å². The van der Waals surface area contributed by atoms with Crippen molar-refractivity contribution in [1.29, 1.82) is 0 Å². The van der Waals surface area contributed by atoms with Crippen LogP contribution in [0.25, 0.3) is 0 Å². The number of hydrogen-bond donors (Lipinski definition) is 1. The van der Waals surface area contributed by atoms with E-state index >= 15 is 0 Å². The Labute approximate surface area is 105 Å². The molecule has 2 rings (SSSR count). The van der Waals surface area contributed by atoms with Gasteiger partial charge in [-0.25, -0.2) is 4.98 Å². The lowest BCUT2D eigenvalue weighted by atomic mass is 10.0. The van der Waals surface area contributed by atoms with Gasteiger partial charge >= 0.3 is 0 Å². The first-order chi connectivity index (χ1) is 8.22. The van der Waals surface area contributed by atoms with Crippen molar-refractivity contribution in [2.45, 2.75) is 6.10 Å². The molecule has 3 nitrogen and oxygen atoms in total. The quantitative estimate of drug-likeness (QED) is 0.910. The van der Waals surface area contributed by atoms with Gasteiger partial charge in [-0.15, -0.1) is 0 Å². The Hall–Kier alpha value is -1.58. The fourth-order valence-electron chi connectivity index (χ4n) is 1.57. The molecule has 0 spiro atoms. The molecule has 2 aromatic rings. The zero-order valence-corrected chi connectivity index (χ0v) is 10.1. The molecule has 0 aliphatic heterocycles. The van der Waals surface area contributed by atoms with Gasteiger partial charge in [0.2, 0.25) is 5.88 Å². The standard InChI is InChI=1S/C13H12ClNO2/c1-17-13-11(14)7-10(8-15-13)12(16)9-5-3-2-4-6-9/h2-8,12,16H,1H3. The minimum absolute atomic E-state index is 0.357. The molecule has 1 N–H and O–H groups in total. The van der Waals surface area contributed by atoms with E-state index < -0.39 is 6.10 Å². The van der Waals surface area contributed by atoms with Crippen LogP contribution >= 0.6 is 11.6 Å². The molecule has 1 atom stereocenters. The van der Waals surface area contributed by atoms with Gasteiger partial charge in [0.1, 0.15) is 11.1 Å². The van der Waals surface area contributed by atoms with Crippen LogP contribution in [0.4, 0.5) is 0 Å². The molecule has 4 heteroatoms. The third-order valence-corrected chi connectivity index (χ3v) is 2.72. The lowest BCUT2D eigenvalue weighted by molar-refractivity contribution is 0.219. The fourth-order valence-corrected chi connectivity index (χ4v) is 1.82. The van der Waals surface area contributed by atoms with Crippen LogP contribution in [0.5, 0.6) is 5.88 Å². The van der Waals surface area contributed by atoms with Crippen molar-refractivity contribution >= 4 is 11.6 Å². The number of methoxy groups -OCH3 is 1. The summed E-state index contributed by atoms with van der Waals surface area (Å²) in [4.78, 5) is 4.03. The lowest BCUT2D eigenvalue weighted by Crippen LogP contribution is -2.01. The number of nitrogens with zero attached hydrogens (tertiary/aromatic N) is 1. The van der Waals surface area contributed by atoms with E-state index in [4.69, 9.17) is 16.3 Å². The average Bonchev–Trinajstić information content (AvgIpc) is 2.39. The molecule has 17 heavy (non-hydrogen) atoms. The van der Waals surface area contributed by atoms with Crippen LogP contribution in [0.2, 0.25) is 5.02 Å². The highest BCUT2D eigenvalue weighted by Gasteiger charge is 2.12. The Morgan fingerprint density at radius 2 is 1.94 bits per heavy atom. The van der Waals surface area contributed by atoms with E-state index in [9.17, 15) is 5.11 Å². The highest BCUT2D eigenvalue weighted by Crippen LogP contribution is 2.27. The first kappa shape index (κ1) is 11.9. The summed E-state index contributed by atoms with van der Waals surface area (Å²) in [5.74, 6) is 0.357. The summed E-state index contributed by atoms with van der Waals surface area (Å²) in [6.45, 7) is 0. The first-order valence-electron chi connectivity index (χ1n) is 5.15. The Bertz CT molecular complexity index is 502. The monoisotopic (exact) mass is 249 g/mol. The highest BCUT2D eigenvalue weighted by atomic mass is 35.5. The Kier molecular flexibility index (Phi) is 3.61. The van der Waals surface area contributed by atoms with E-state index in [1.807, 2.05) is 30.3 Å². The fraction of sp³-hybridized carbons (Fsp3) is 0.154. The molecule has 0 saturated carbocycles. The first-order valence-corrected chi connectivity index (χ1v) is 5.52. The SMILES string of the molecule is COc1ncc(C(O)c2ccccc2)cc1Cl. The van der Waals surface area contributed by atoms with Crippen molar-refractivity contribution < 1.29 is 9.84 Å². The van der Waals surface area contributed by atoms with Crippen LogP contribution in [-0.2, 0) is 0 Å². The predicted molar refractivity (Wildman–Crippen MR) is 66.3 cm³/mol. The van der Waals surface area contributed by atoms with Gasteiger partial charge in [-0.1, -0.05) is 41.9 Å². The summed E-state index contributed by atoms with van der Waals surface area (Å²) in [6, 6.07) is 11.0. The van der Waals surface area contributed by atoms with Crippen LogP contribution in [0.15, 0.2) is 42.6 Å². The molecule has 1 heterocycles. The van der Waals surface area contributed by atoms with E-state index in [0.717, 1.165) is 5.56 Å². The van der Waals surface area contributed by atoms with Crippen LogP contribution in [-0.4, -0.2) is 17.2 Å². The third-order valence-electron chi connectivity index (χ3n) is 2.45. The number of rotatable bonds is 3. The van der Waals surface area contributed by atoms with Crippen LogP contribution < -0.4 is 4.74 Å². The third kappa shape index (κ3) is 2.57. The second-order valence-corrected chi connectivity index (χ2v) is 3.98. The molecule has 0 bridgehead atoms. The predicted octanol–water partition coefficient (Wildman–Crippen LogP) is 2.83. The average molecular weight is 250 g/mol. The Morgan fingerprint density at radius 3 is 2.53 bits per heavy atom. The summed E-state index contributed by atoms with van der Waals surface area (Å²) in [6.07, 6.45) is 0.828. The molecule has 1 aromatic heterocycles. The second-order valence-electron chi connectivity index (χ2n) is 3.57. The number of benzene rings is 1. The molecule has 0 aliphatic carbocycles. The number of hydrogen-bond acceptors (Lipinski definition) is 3. The minimum Gasteiger partial charge on any atom is -0.480 e. The van der Waals surface area contributed by atoms with Gasteiger partial charge in [0, 0.05) is 11.8 Å². The van der Waals surface area contributed by atoms with Gasteiger partial charge < -0.3 is 9.84 Å². The maximum absolute atomic E-state index is 10.1. The van der Waals surface area contributed by atoms with E-state index in [1.54, 1.807) is 12.3 Å². The number of aromatic nitrogens is 1. The molecule has 0 amide bonds. The van der Waals surface area contributed by atoms with E-state index in [1.165, 1.54) is 7.11 Å². The molecular formula is C13H12ClNO2. The summed E-state index contributed by atoms with van der Waals surface area (Å²) in [5.41, 5.74) is 1.44. The van der Waals surface area contributed by atoms with Crippen molar-refractivity contribution in [3.05, 3.63) is 58.7 Å². The normalized spacial score (nSPS) is 12.2. The largest absolute Gasteiger partial charge is 0.480 e. The molecule has 88 valence electrons.